The molecule has 4 heteroatoms. The lowest BCUT2D eigenvalue weighted by Gasteiger charge is -2.19. The summed E-state index contributed by atoms with van der Waals surface area (Å²) in [6, 6.07) is 6.23. The molecule has 2 aromatic rings. The highest BCUT2D eigenvalue weighted by atomic mass is 32.1. The van der Waals surface area contributed by atoms with Gasteiger partial charge in [0.2, 0.25) is 0 Å². The molecular weight excluding hydrogens is 252 g/mol. The quantitative estimate of drug-likeness (QED) is 0.828. The maximum Gasteiger partial charge on any atom is 0.134 e. The van der Waals surface area contributed by atoms with E-state index in [0.717, 1.165) is 23.9 Å². The minimum absolute atomic E-state index is 0.460. The lowest BCUT2D eigenvalue weighted by Crippen LogP contribution is -2.31. The maximum absolute atomic E-state index is 13.7. The summed E-state index contributed by atoms with van der Waals surface area (Å²) in [6.45, 7) is 2.97. The molecule has 1 unspecified atom stereocenters. The van der Waals surface area contributed by atoms with Crippen LogP contribution >= 0.6 is 11.3 Å². The molecule has 0 radical (unpaired) electrons. The smallest absolute Gasteiger partial charge is 0.134 e. The summed E-state index contributed by atoms with van der Waals surface area (Å²) in [4.78, 5) is 2.19. The molecule has 2 heterocycles. The van der Waals surface area contributed by atoms with Crippen LogP contribution in [0.3, 0.4) is 0 Å². The second kappa shape index (κ2) is 4.44. The molecule has 1 aromatic carbocycles. The molecule has 1 N–H and O–H groups in total. The van der Waals surface area contributed by atoms with Gasteiger partial charge in [0.05, 0.1) is 0 Å². The standard InChI is InChI=1S/C14H13F2NS/c1-8-4-13-9(7-17-8)5-14(18-13)11-3-2-10(15)6-12(11)16/h2-3,5-6,8,17H,4,7H2,1H3. The van der Waals surface area contributed by atoms with Crippen LogP contribution in [0.25, 0.3) is 10.4 Å². The largest absolute Gasteiger partial charge is 0.310 e. The van der Waals surface area contributed by atoms with Crippen LogP contribution in [0.2, 0.25) is 0 Å². The van der Waals surface area contributed by atoms with Crippen molar-refractivity contribution in [3.8, 4) is 10.4 Å². The van der Waals surface area contributed by atoms with E-state index in [-0.39, 0.29) is 0 Å². The van der Waals surface area contributed by atoms with Crippen molar-refractivity contribution in [3.05, 3.63) is 46.3 Å². The predicted octanol–water partition coefficient (Wildman–Crippen LogP) is 3.73. The molecule has 94 valence electrons. The predicted molar refractivity (Wildman–Crippen MR) is 69.7 cm³/mol. The van der Waals surface area contributed by atoms with Crippen LogP contribution in [0.4, 0.5) is 8.78 Å². The molecule has 0 saturated heterocycles. The van der Waals surface area contributed by atoms with Gasteiger partial charge in [0.1, 0.15) is 11.6 Å². The molecule has 1 aliphatic heterocycles. The van der Waals surface area contributed by atoms with Crippen molar-refractivity contribution in [1.82, 2.24) is 5.32 Å². The van der Waals surface area contributed by atoms with Gasteiger partial charge in [-0.05, 0) is 37.1 Å². The van der Waals surface area contributed by atoms with Crippen LogP contribution in [0, 0.1) is 11.6 Å². The number of nitrogens with one attached hydrogen (secondary N) is 1. The van der Waals surface area contributed by atoms with Gasteiger partial charge in [-0.15, -0.1) is 11.3 Å². The lowest BCUT2D eigenvalue weighted by atomic mass is 10.0. The zero-order valence-corrected chi connectivity index (χ0v) is 10.8. The van der Waals surface area contributed by atoms with Gasteiger partial charge in [-0.3, -0.25) is 0 Å². The Balaban J connectivity index is 2.02. The molecule has 0 aliphatic carbocycles. The third kappa shape index (κ3) is 2.06. The Morgan fingerprint density at radius 3 is 2.89 bits per heavy atom. The van der Waals surface area contributed by atoms with E-state index in [4.69, 9.17) is 0 Å². The highest BCUT2D eigenvalue weighted by Gasteiger charge is 2.19. The maximum atomic E-state index is 13.7. The number of benzene rings is 1. The van der Waals surface area contributed by atoms with Crippen molar-refractivity contribution >= 4 is 11.3 Å². The molecule has 0 amide bonds. The van der Waals surface area contributed by atoms with E-state index in [9.17, 15) is 8.78 Å². The first kappa shape index (κ1) is 11.8. The second-order valence-corrected chi connectivity index (χ2v) is 5.81. The van der Waals surface area contributed by atoms with E-state index in [0.29, 0.717) is 11.6 Å². The first-order valence-electron chi connectivity index (χ1n) is 5.94. The third-order valence-electron chi connectivity index (χ3n) is 3.23. The van der Waals surface area contributed by atoms with E-state index in [2.05, 4.69) is 12.2 Å². The van der Waals surface area contributed by atoms with E-state index in [1.807, 2.05) is 6.07 Å². The topological polar surface area (TPSA) is 12.0 Å². The van der Waals surface area contributed by atoms with Crippen molar-refractivity contribution in [1.29, 1.82) is 0 Å². The zero-order chi connectivity index (χ0) is 12.7. The second-order valence-electron chi connectivity index (χ2n) is 4.67. The lowest BCUT2D eigenvalue weighted by molar-refractivity contribution is 0.520. The van der Waals surface area contributed by atoms with Crippen LogP contribution in [0.5, 0.6) is 0 Å². The first-order valence-corrected chi connectivity index (χ1v) is 6.75. The Hall–Kier alpha value is -1.26. The Morgan fingerprint density at radius 1 is 1.28 bits per heavy atom. The number of fused-ring (bicyclic) bond motifs is 1. The monoisotopic (exact) mass is 265 g/mol. The molecular formula is C14H13F2NS. The Labute approximate surface area is 108 Å². The molecule has 0 fully saturated rings. The fourth-order valence-electron chi connectivity index (χ4n) is 2.25. The van der Waals surface area contributed by atoms with Crippen molar-refractivity contribution < 1.29 is 8.78 Å². The fraction of sp³-hybridized carbons (Fsp3) is 0.286. The molecule has 1 aliphatic rings. The average Bonchev–Trinajstić information content (AvgIpc) is 2.71. The van der Waals surface area contributed by atoms with Gasteiger partial charge in [0.15, 0.2) is 0 Å². The molecule has 0 saturated carbocycles. The Kier molecular flexibility index (Phi) is 2.92. The van der Waals surface area contributed by atoms with Crippen LogP contribution in [0.1, 0.15) is 17.4 Å². The number of rotatable bonds is 1. The highest BCUT2D eigenvalue weighted by Crippen LogP contribution is 2.35. The summed E-state index contributed by atoms with van der Waals surface area (Å²) >= 11 is 1.61. The van der Waals surface area contributed by atoms with E-state index in [1.54, 1.807) is 11.3 Å². The van der Waals surface area contributed by atoms with Crippen LogP contribution in [-0.4, -0.2) is 6.04 Å². The fourth-order valence-corrected chi connectivity index (χ4v) is 3.58. The molecule has 0 spiro atoms. The van der Waals surface area contributed by atoms with E-state index in [1.165, 1.54) is 22.6 Å². The van der Waals surface area contributed by atoms with Crippen molar-refractivity contribution in [2.75, 3.05) is 0 Å². The first-order chi connectivity index (χ1) is 8.63. The van der Waals surface area contributed by atoms with Gasteiger partial charge in [0, 0.05) is 34.0 Å². The Morgan fingerprint density at radius 2 is 2.11 bits per heavy atom. The molecule has 3 rings (SSSR count). The summed E-state index contributed by atoms with van der Waals surface area (Å²) in [6.07, 6.45) is 0.975. The van der Waals surface area contributed by atoms with Crippen LogP contribution < -0.4 is 5.32 Å². The third-order valence-corrected chi connectivity index (χ3v) is 4.46. The average molecular weight is 265 g/mol. The van der Waals surface area contributed by atoms with Gasteiger partial charge >= 0.3 is 0 Å². The summed E-state index contributed by atoms with van der Waals surface area (Å²) in [5, 5.41) is 3.38. The molecule has 1 atom stereocenters. The van der Waals surface area contributed by atoms with Gasteiger partial charge in [-0.1, -0.05) is 0 Å². The number of hydrogen-bond acceptors (Lipinski definition) is 2. The Bertz CT molecular complexity index is 591. The van der Waals surface area contributed by atoms with Crippen LogP contribution in [0.15, 0.2) is 24.3 Å². The van der Waals surface area contributed by atoms with Crippen molar-refractivity contribution in [3.63, 3.8) is 0 Å². The summed E-state index contributed by atoms with van der Waals surface area (Å²) in [5.41, 5.74) is 1.72. The summed E-state index contributed by atoms with van der Waals surface area (Å²) < 4.78 is 26.6. The molecule has 18 heavy (non-hydrogen) atoms. The molecule has 0 bridgehead atoms. The number of thiophene rings is 1. The normalized spacial score (nSPS) is 18.7. The zero-order valence-electron chi connectivity index (χ0n) is 9.97. The summed E-state index contributed by atoms with van der Waals surface area (Å²) in [7, 11) is 0. The van der Waals surface area contributed by atoms with E-state index < -0.39 is 11.6 Å². The van der Waals surface area contributed by atoms with Gasteiger partial charge in [-0.25, -0.2) is 8.78 Å². The van der Waals surface area contributed by atoms with Gasteiger partial charge in [-0.2, -0.15) is 0 Å². The van der Waals surface area contributed by atoms with Gasteiger partial charge < -0.3 is 5.32 Å². The minimum Gasteiger partial charge on any atom is -0.310 e. The number of hydrogen-bond donors (Lipinski definition) is 1. The van der Waals surface area contributed by atoms with Gasteiger partial charge in [0.25, 0.3) is 0 Å². The van der Waals surface area contributed by atoms with Crippen molar-refractivity contribution in [2.24, 2.45) is 0 Å². The van der Waals surface area contributed by atoms with Crippen LogP contribution in [-0.2, 0) is 13.0 Å². The summed E-state index contributed by atoms with van der Waals surface area (Å²) in [5.74, 6) is -1.03. The highest BCUT2D eigenvalue weighted by molar-refractivity contribution is 7.15. The number of halogens is 2. The molecule has 1 nitrogen and oxygen atoms in total. The van der Waals surface area contributed by atoms with E-state index >= 15 is 0 Å². The minimum atomic E-state index is -0.534. The molecule has 1 aromatic heterocycles. The van der Waals surface area contributed by atoms with Crippen molar-refractivity contribution in [2.45, 2.75) is 25.9 Å². The SMILES string of the molecule is CC1Cc2sc(-c3ccc(F)cc3F)cc2CN1.